The van der Waals surface area contributed by atoms with Gasteiger partial charge in [0.25, 0.3) is 0 Å². The Morgan fingerprint density at radius 2 is 0.644 bits per heavy atom. The number of hydrogen-bond acceptors (Lipinski definition) is 2. The number of anilines is 6. The second kappa shape index (κ2) is 17.4. The lowest BCUT2D eigenvalue weighted by Crippen LogP contribution is -2.26. The van der Waals surface area contributed by atoms with Crippen LogP contribution in [0.3, 0.4) is 0 Å². The molecule has 0 saturated heterocycles. The predicted octanol–water partition coefficient (Wildman–Crippen LogP) is 19.1. The van der Waals surface area contributed by atoms with E-state index in [0.717, 1.165) is 34.1 Å². The molecule has 342 valence electrons. The molecule has 2 aliphatic rings. The quantitative estimate of drug-likeness (QED) is 0.142. The first-order valence-electron chi connectivity index (χ1n) is 25.3. The van der Waals surface area contributed by atoms with E-state index >= 15 is 0 Å². The van der Waals surface area contributed by atoms with Gasteiger partial charge in [-0.05, 0) is 127 Å². The average Bonchev–Trinajstić information content (AvgIpc) is 3.98. The van der Waals surface area contributed by atoms with E-state index in [1.165, 1.54) is 88.7 Å². The number of rotatable bonds is 9. The summed E-state index contributed by atoms with van der Waals surface area (Å²) in [5, 5.41) is 2.39. The first-order chi connectivity index (χ1) is 36.2. The Bertz CT molecular complexity index is 4000. The molecule has 0 aromatic heterocycles. The summed E-state index contributed by atoms with van der Waals surface area (Å²) in [6.07, 6.45) is 0. The van der Waals surface area contributed by atoms with E-state index in [9.17, 15) is 0 Å². The van der Waals surface area contributed by atoms with Gasteiger partial charge in [-0.1, -0.05) is 237 Å². The molecule has 12 aromatic carbocycles. The highest BCUT2D eigenvalue weighted by Crippen LogP contribution is 2.64. The highest BCUT2D eigenvalue weighted by Gasteiger charge is 2.52. The number of benzene rings is 12. The van der Waals surface area contributed by atoms with Crippen molar-refractivity contribution in [2.45, 2.75) is 5.41 Å². The second-order valence-corrected chi connectivity index (χ2v) is 19.2. The molecule has 14 rings (SSSR count). The van der Waals surface area contributed by atoms with Crippen LogP contribution in [0.15, 0.2) is 291 Å². The number of nitrogens with zero attached hydrogens (tertiary/aromatic N) is 2. The van der Waals surface area contributed by atoms with E-state index in [2.05, 4.69) is 301 Å². The van der Waals surface area contributed by atoms with Crippen LogP contribution >= 0.6 is 0 Å². The fourth-order valence-corrected chi connectivity index (χ4v) is 12.1. The lowest BCUT2D eigenvalue weighted by Gasteiger charge is -2.34. The minimum atomic E-state index is -0.630. The summed E-state index contributed by atoms with van der Waals surface area (Å²) < 4.78 is 0. The van der Waals surface area contributed by atoms with E-state index in [0.29, 0.717) is 0 Å². The Labute approximate surface area is 427 Å². The molecule has 0 fully saturated rings. The standard InChI is InChI=1S/C71H48N2/c1-5-21-49(22-6-1)50-37-40-55(41-38-50)72(69-36-20-17-30-58(69)51-23-7-2-8-24-51)56-42-45-63-61-32-15-18-34-65(61)71(67(63)47-56)66-35-19-16-33-62(66)64-46-43-57(48-68(64)71)73(54-28-11-4-12-29-54)70-59-31-14-13-27-53(59)39-44-60(70)52-25-9-3-10-26-52/h1-48H. The minimum absolute atomic E-state index is 0.630. The smallest absolute Gasteiger partial charge is 0.0727 e. The van der Waals surface area contributed by atoms with Crippen LogP contribution in [0.1, 0.15) is 22.3 Å². The monoisotopic (exact) mass is 928 g/mol. The van der Waals surface area contributed by atoms with Crippen LogP contribution in [0, 0.1) is 0 Å². The van der Waals surface area contributed by atoms with Gasteiger partial charge in [-0.25, -0.2) is 0 Å². The van der Waals surface area contributed by atoms with Crippen LogP contribution in [0.25, 0.3) is 66.4 Å². The third-order valence-corrected chi connectivity index (χ3v) is 15.3. The molecule has 2 aliphatic carbocycles. The molecule has 1 unspecified atom stereocenters. The van der Waals surface area contributed by atoms with Gasteiger partial charge in [0.15, 0.2) is 0 Å². The molecule has 2 heteroatoms. The Balaban J connectivity index is 1.03. The molecule has 0 aliphatic heterocycles. The van der Waals surface area contributed by atoms with E-state index < -0.39 is 5.41 Å². The van der Waals surface area contributed by atoms with Crippen molar-refractivity contribution in [2.24, 2.45) is 0 Å². The Hall–Kier alpha value is -9.50. The first-order valence-corrected chi connectivity index (χ1v) is 25.3. The molecule has 0 radical (unpaired) electrons. The van der Waals surface area contributed by atoms with Crippen molar-refractivity contribution in [3.63, 3.8) is 0 Å². The van der Waals surface area contributed by atoms with Crippen molar-refractivity contribution < 1.29 is 0 Å². The van der Waals surface area contributed by atoms with Gasteiger partial charge in [-0.15, -0.1) is 0 Å². The van der Waals surface area contributed by atoms with Crippen LogP contribution in [-0.2, 0) is 5.41 Å². The number of fused-ring (bicyclic) bond motifs is 11. The van der Waals surface area contributed by atoms with Crippen molar-refractivity contribution in [3.05, 3.63) is 313 Å². The second-order valence-electron chi connectivity index (χ2n) is 19.2. The highest BCUT2D eigenvalue weighted by atomic mass is 15.2. The summed E-state index contributed by atoms with van der Waals surface area (Å²) in [6.45, 7) is 0. The third-order valence-electron chi connectivity index (χ3n) is 15.3. The van der Waals surface area contributed by atoms with Crippen molar-refractivity contribution in [1.82, 2.24) is 0 Å². The van der Waals surface area contributed by atoms with Crippen LogP contribution in [0.4, 0.5) is 34.1 Å². The normalized spacial score (nSPS) is 13.8. The fraction of sp³-hybridized carbons (Fsp3) is 0.0141. The minimum Gasteiger partial charge on any atom is -0.310 e. The fourth-order valence-electron chi connectivity index (χ4n) is 12.1. The topological polar surface area (TPSA) is 6.48 Å². The van der Waals surface area contributed by atoms with Crippen molar-refractivity contribution in [3.8, 4) is 55.6 Å². The van der Waals surface area contributed by atoms with Crippen molar-refractivity contribution in [1.29, 1.82) is 0 Å². The Kier molecular flexibility index (Phi) is 10.1. The molecule has 0 saturated carbocycles. The Morgan fingerprint density at radius 1 is 0.233 bits per heavy atom. The van der Waals surface area contributed by atoms with E-state index in [-0.39, 0.29) is 0 Å². The lowest BCUT2D eigenvalue weighted by atomic mass is 9.70. The van der Waals surface area contributed by atoms with E-state index in [1.807, 2.05) is 0 Å². The summed E-state index contributed by atoms with van der Waals surface area (Å²) in [5.41, 5.74) is 23.3. The number of hydrogen-bond donors (Lipinski definition) is 0. The molecular weight excluding hydrogens is 881 g/mol. The van der Waals surface area contributed by atoms with Crippen molar-refractivity contribution in [2.75, 3.05) is 9.80 Å². The first kappa shape index (κ1) is 42.4. The zero-order chi connectivity index (χ0) is 48.3. The van der Waals surface area contributed by atoms with E-state index in [4.69, 9.17) is 0 Å². The van der Waals surface area contributed by atoms with Gasteiger partial charge >= 0.3 is 0 Å². The zero-order valence-electron chi connectivity index (χ0n) is 40.1. The van der Waals surface area contributed by atoms with Crippen LogP contribution in [0.5, 0.6) is 0 Å². The van der Waals surface area contributed by atoms with Crippen LogP contribution < -0.4 is 9.80 Å². The molecule has 0 N–H and O–H groups in total. The molecule has 12 aromatic rings. The van der Waals surface area contributed by atoms with Crippen LogP contribution in [-0.4, -0.2) is 0 Å². The van der Waals surface area contributed by atoms with E-state index in [1.54, 1.807) is 0 Å². The van der Waals surface area contributed by atoms with Gasteiger partial charge in [0.1, 0.15) is 0 Å². The maximum atomic E-state index is 2.52. The van der Waals surface area contributed by atoms with Gasteiger partial charge in [0, 0.05) is 39.3 Å². The molecule has 1 atom stereocenters. The summed E-state index contributed by atoms with van der Waals surface area (Å²) >= 11 is 0. The third kappa shape index (κ3) is 6.79. The summed E-state index contributed by atoms with van der Waals surface area (Å²) in [5.74, 6) is 0. The maximum Gasteiger partial charge on any atom is 0.0727 e. The molecule has 0 heterocycles. The van der Waals surface area contributed by atoms with Gasteiger partial charge in [-0.3, -0.25) is 0 Å². The van der Waals surface area contributed by atoms with Gasteiger partial charge in [0.2, 0.25) is 0 Å². The summed E-state index contributed by atoms with van der Waals surface area (Å²) in [7, 11) is 0. The van der Waals surface area contributed by atoms with Crippen LogP contribution in [0.2, 0.25) is 0 Å². The summed E-state index contributed by atoms with van der Waals surface area (Å²) in [4.78, 5) is 4.97. The molecule has 0 amide bonds. The Morgan fingerprint density at radius 3 is 1.26 bits per heavy atom. The summed E-state index contributed by atoms with van der Waals surface area (Å²) in [6, 6.07) is 107. The van der Waals surface area contributed by atoms with Crippen molar-refractivity contribution >= 4 is 44.9 Å². The molecular formula is C71H48N2. The predicted molar refractivity (Wildman–Crippen MR) is 306 cm³/mol. The SMILES string of the molecule is c1ccc(-c2ccc(N(c3ccc4c(c3)C3(c5ccccc5-4)c4ccccc4-c4ccc(N(c5ccccc5)c5c(-c6ccccc6)ccc6ccccc56)cc43)c3ccccc3-c3ccccc3)cc2)cc1. The average molecular weight is 929 g/mol. The molecule has 0 bridgehead atoms. The van der Waals surface area contributed by atoms with Gasteiger partial charge in [0.05, 0.1) is 16.8 Å². The largest absolute Gasteiger partial charge is 0.310 e. The van der Waals surface area contributed by atoms with Gasteiger partial charge < -0.3 is 9.80 Å². The maximum absolute atomic E-state index is 2.52. The highest BCUT2D eigenvalue weighted by molar-refractivity contribution is 6.07. The molecule has 1 spiro atoms. The number of para-hydroxylation sites is 2. The molecule has 2 nitrogen and oxygen atoms in total. The van der Waals surface area contributed by atoms with Gasteiger partial charge in [-0.2, -0.15) is 0 Å². The molecule has 73 heavy (non-hydrogen) atoms. The lowest BCUT2D eigenvalue weighted by molar-refractivity contribution is 0.793. The zero-order valence-corrected chi connectivity index (χ0v) is 40.1.